The highest BCUT2D eigenvalue weighted by Crippen LogP contribution is 2.26. The Balaban J connectivity index is 1.39. The lowest BCUT2D eigenvalue weighted by Gasteiger charge is -2.33. The molecule has 0 N–H and O–H groups in total. The second kappa shape index (κ2) is 9.69. The Bertz CT molecular complexity index is 1340. The van der Waals surface area contributed by atoms with Crippen LogP contribution >= 0.6 is 0 Å². The minimum absolute atomic E-state index is 0.0614. The van der Waals surface area contributed by atoms with Crippen LogP contribution < -0.4 is 4.90 Å². The molecule has 1 saturated heterocycles. The quantitative estimate of drug-likeness (QED) is 0.424. The van der Waals surface area contributed by atoms with Crippen LogP contribution in [0.3, 0.4) is 0 Å². The summed E-state index contributed by atoms with van der Waals surface area (Å²) in [5.74, 6) is 1.06. The first kappa shape index (κ1) is 22.8. The zero-order chi connectivity index (χ0) is 24.4. The number of para-hydroxylation sites is 1. The normalized spacial score (nSPS) is 14.4. The Hall–Kier alpha value is -4.01. The van der Waals surface area contributed by atoms with Crippen LogP contribution in [-0.4, -0.2) is 49.4 Å². The van der Waals surface area contributed by atoms with Crippen LogP contribution in [0.15, 0.2) is 59.3 Å². The molecule has 4 aromatic rings. The summed E-state index contributed by atoms with van der Waals surface area (Å²) in [4.78, 5) is 33.7. The van der Waals surface area contributed by atoms with Crippen molar-refractivity contribution < 1.29 is 14.0 Å². The van der Waals surface area contributed by atoms with E-state index in [0.29, 0.717) is 50.7 Å². The van der Waals surface area contributed by atoms with Crippen molar-refractivity contribution in [2.45, 2.75) is 39.7 Å². The molecule has 0 saturated carbocycles. The van der Waals surface area contributed by atoms with E-state index in [4.69, 9.17) is 9.40 Å². The summed E-state index contributed by atoms with van der Waals surface area (Å²) in [6.07, 6.45) is 5.86. The number of piperidine rings is 1. The van der Waals surface area contributed by atoms with Crippen LogP contribution in [0.2, 0.25) is 0 Å². The number of pyridine rings is 1. The number of carbonyl (C=O) groups excluding carboxylic acids is 2. The molecule has 3 aromatic heterocycles. The fraction of sp³-hybridized carbons (Fsp3) is 0.346. The summed E-state index contributed by atoms with van der Waals surface area (Å²) in [5.41, 5.74) is 3.15. The molecule has 5 rings (SSSR count). The van der Waals surface area contributed by atoms with Crippen molar-refractivity contribution in [2.75, 3.05) is 18.0 Å². The number of aryl methyl sites for hydroxylation is 1. The lowest BCUT2D eigenvalue weighted by molar-refractivity contribution is -0.133. The first-order chi connectivity index (χ1) is 17.0. The molecule has 0 radical (unpaired) electrons. The summed E-state index contributed by atoms with van der Waals surface area (Å²) in [5, 5.41) is 8.16. The predicted octanol–water partition coefficient (Wildman–Crippen LogP) is 3.74. The third-order valence-corrected chi connectivity index (χ3v) is 6.47. The van der Waals surface area contributed by atoms with E-state index in [2.05, 4.69) is 10.2 Å². The van der Waals surface area contributed by atoms with Crippen LogP contribution in [0, 0.1) is 5.92 Å². The van der Waals surface area contributed by atoms with Crippen molar-refractivity contribution in [3.05, 3.63) is 66.4 Å². The second-order valence-electron chi connectivity index (χ2n) is 8.81. The summed E-state index contributed by atoms with van der Waals surface area (Å²) >= 11 is 0. The first-order valence-electron chi connectivity index (χ1n) is 11.9. The molecular formula is C26H28N6O3. The van der Waals surface area contributed by atoms with E-state index in [-0.39, 0.29) is 17.7 Å². The zero-order valence-electron chi connectivity index (χ0n) is 19.9. The number of carbonyl (C=O) groups is 2. The molecule has 9 heteroatoms. The Morgan fingerprint density at radius 3 is 2.57 bits per heavy atom. The van der Waals surface area contributed by atoms with Gasteiger partial charge in [0.15, 0.2) is 0 Å². The van der Waals surface area contributed by atoms with Gasteiger partial charge in [0.1, 0.15) is 5.65 Å². The molecule has 1 aromatic carbocycles. The van der Waals surface area contributed by atoms with Gasteiger partial charge >= 0.3 is 0 Å². The van der Waals surface area contributed by atoms with E-state index in [9.17, 15) is 9.59 Å². The number of likely N-dealkylation sites (tertiary alicyclic amines) is 1. The molecule has 0 spiro atoms. The average molecular weight is 473 g/mol. The van der Waals surface area contributed by atoms with Gasteiger partial charge in [0.05, 0.1) is 12.2 Å². The number of hydrogen-bond donors (Lipinski definition) is 0. The fourth-order valence-corrected chi connectivity index (χ4v) is 4.48. The van der Waals surface area contributed by atoms with Gasteiger partial charge in [0.2, 0.25) is 23.6 Å². The van der Waals surface area contributed by atoms with Crippen molar-refractivity contribution >= 4 is 23.1 Å². The smallest absolute Gasteiger partial charge is 0.247 e. The molecular weight excluding hydrogens is 444 g/mol. The van der Waals surface area contributed by atoms with Gasteiger partial charge in [-0.2, -0.15) is 0 Å². The minimum Gasteiger partial charge on any atom is -0.421 e. The van der Waals surface area contributed by atoms with Gasteiger partial charge in [0.25, 0.3) is 0 Å². The molecule has 0 unspecified atom stereocenters. The van der Waals surface area contributed by atoms with E-state index in [1.54, 1.807) is 6.92 Å². The average Bonchev–Trinajstić information content (AvgIpc) is 3.53. The third-order valence-electron chi connectivity index (χ3n) is 6.47. The largest absolute Gasteiger partial charge is 0.421 e. The summed E-state index contributed by atoms with van der Waals surface area (Å²) in [6, 6.07) is 13.5. The number of imidazole rings is 1. The predicted molar refractivity (Wildman–Crippen MR) is 130 cm³/mol. The molecule has 2 amide bonds. The Morgan fingerprint density at radius 1 is 1.11 bits per heavy atom. The maximum atomic E-state index is 13.6. The van der Waals surface area contributed by atoms with Crippen molar-refractivity contribution in [3.8, 4) is 11.5 Å². The lowest BCUT2D eigenvalue weighted by atomic mass is 9.95. The number of amides is 2. The number of fused-ring (bicyclic) bond motifs is 1. The lowest BCUT2D eigenvalue weighted by Crippen LogP contribution is -2.43. The number of hydrogen-bond acceptors (Lipinski definition) is 6. The molecule has 4 heterocycles. The molecule has 35 heavy (non-hydrogen) atoms. The van der Waals surface area contributed by atoms with E-state index in [1.807, 2.05) is 76.0 Å². The Morgan fingerprint density at radius 2 is 1.89 bits per heavy atom. The highest BCUT2D eigenvalue weighted by atomic mass is 16.4. The van der Waals surface area contributed by atoms with Crippen molar-refractivity contribution in [1.29, 1.82) is 0 Å². The van der Waals surface area contributed by atoms with Gasteiger partial charge in [-0.1, -0.05) is 25.1 Å². The highest BCUT2D eigenvalue weighted by molar-refractivity contribution is 5.95. The third kappa shape index (κ3) is 4.80. The minimum atomic E-state index is -0.125. The van der Waals surface area contributed by atoms with Crippen molar-refractivity contribution in [1.82, 2.24) is 24.5 Å². The van der Waals surface area contributed by atoms with Crippen molar-refractivity contribution in [3.63, 3.8) is 0 Å². The second-order valence-corrected chi connectivity index (χ2v) is 8.81. The van der Waals surface area contributed by atoms with Gasteiger partial charge in [0, 0.05) is 56.0 Å². The first-order valence-corrected chi connectivity index (χ1v) is 11.9. The van der Waals surface area contributed by atoms with Crippen LogP contribution in [0.5, 0.6) is 0 Å². The van der Waals surface area contributed by atoms with Crippen LogP contribution in [0.1, 0.15) is 38.3 Å². The Labute approximate surface area is 203 Å². The fourth-order valence-electron chi connectivity index (χ4n) is 4.48. The van der Waals surface area contributed by atoms with Crippen molar-refractivity contribution in [2.24, 2.45) is 5.92 Å². The van der Waals surface area contributed by atoms with Crippen LogP contribution in [0.4, 0.5) is 5.69 Å². The van der Waals surface area contributed by atoms with E-state index >= 15 is 0 Å². The molecule has 180 valence electrons. The monoisotopic (exact) mass is 472 g/mol. The zero-order valence-corrected chi connectivity index (χ0v) is 19.9. The van der Waals surface area contributed by atoms with Crippen LogP contribution in [0.25, 0.3) is 17.1 Å². The number of nitrogens with zero attached hydrogens (tertiary/aromatic N) is 6. The molecule has 0 atom stereocenters. The number of rotatable bonds is 6. The van der Waals surface area contributed by atoms with Crippen LogP contribution in [-0.2, 0) is 22.6 Å². The summed E-state index contributed by atoms with van der Waals surface area (Å²) < 4.78 is 7.61. The van der Waals surface area contributed by atoms with Gasteiger partial charge in [-0.15, -0.1) is 10.2 Å². The number of benzene rings is 1. The highest BCUT2D eigenvalue weighted by Gasteiger charge is 2.30. The SMILES string of the molecule is CCc1nnc(-c2ccn3cc(CN(C(=O)C4CCN(C(C)=O)CC4)c4ccccc4)nc3c2)o1. The van der Waals surface area contributed by atoms with E-state index in [0.717, 1.165) is 22.6 Å². The maximum absolute atomic E-state index is 13.6. The molecule has 0 aliphatic carbocycles. The number of anilines is 1. The van der Waals surface area contributed by atoms with E-state index in [1.165, 1.54) is 0 Å². The standard InChI is InChI=1S/C26H28N6O3/c1-3-24-28-29-25(35-24)20-11-14-31-16-21(27-23(31)15-20)17-32(22-7-5-4-6-8-22)26(34)19-9-12-30(13-10-19)18(2)33/h4-8,11,14-16,19H,3,9-10,12-13,17H2,1-2H3. The molecule has 1 fully saturated rings. The summed E-state index contributed by atoms with van der Waals surface area (Å²) in [6.45, 7) is 5.12. The Kier molecular flexibility index (Phi) is 6.31. The van der Waals surface area contributed by atoms with Gasteiger partial charge in [-0.3, -0.25) is 9.59 Å². The molecule has 1 aliphatic heterocycles. The van der Waals surface area contributed by atoms with E-state index < -0.39 is 0 Å². The molecule has 9 nitrogen and oxygen atoms in total. The number of aromatic nitrogens is 4. The van der Waals surface area contributed by atoms with Gasteiger partial charge in [-0.25, -0.2) is 4.98 Å². The maximum Gasteiger partial charge on any atom is 0.247 e. The topological polar surface area (TPSA) is 96.8 Å². The van der Waals surface area contributed by atoms with Gasteiger partial charge < -0.3 is 18.6 Å². The molecule has 1 aliphatic rings. The van der Waals surface area contributed by atoms with Gasteiger partial charge in [-0.05, 0) is 37.1 Å². The molecule has 0 bridgehead atoms. The summed E-state index contributed by atoms with van der Waals surface area (Å²) in [7, 11) is 0.